The number of amides is 1. The van der Waals surface area contributed by atoms with E-state index in [4.69, 9.17) is 4.74 Å². The topological polar surface area (TPSA) is 36.0 Å². The van der Waals surface area contributed by atoms with Crippen molar-refractivity contribution in [2.45, 2.75) is 0 Å². The van der Waals surface area contributed by atoms with E-state index in [0.29, 0.717) is 19.8 Å². The Morgan fingerprint density at radius 2 is 1.62 bits per heavy atom. The normalized spacial score (nSPS) is 20.6. The second-order valence-corrected chi connectivity index (χ2v) is 6.38. The standard InChI is InChI=1S/C19H27N3O2/c23-19(22-13-15-24-16-14-22)17-21-11-9-20(10-12-21)8-4-7-18-5-2-1-3-6-18/h1-7H,8-17H2/b7-4+. The van der Waals surface area contributed by atoms with E-state index in [-0.39, 0.29) is 5.91 Å². The maximum Gasteiger partial charge on any atom is 0.236 e. The summed E-state index contributed by atoms with van der Waals surface area (Å²) < 4.78 is 5.30. The second kappa shape index (κ2) is 8.97. The number of nitrogens with zero attached hydrogens (tertiary/aromatic N) is 3. The van der Waals surface area contributed by atoms with Gasteiger partial charge >= 0.3 is 0 Å². The van der Waals surface area contributed by atoms with E-state index in [1.807, 2.05) is 11.0 Å². The second-order valence-electron chi connectivity index (χ2n) is 6.38. The summed E-state index contributed by atoms with van der Waals surface area (Å²) in [6, 6.07) is 10.4. The van der Waals surface area contributed by atoms with Crippen LogP contribution in [0.2, 0.25) is 0 Å². The Hall–Kier alpha value is -1.69. The number of hydrogen-bond acceptors (Lipinski definition) is 4. The Morgan fingerprint density at radius 1 is 0.958 bits per heavy atom. The lowest BCUT2D eigenvalue weighted by Gasteiger charge is -2.35. The van der Waals surface area contributed by atoms with E-state index < -0.39 is 0 Å². The molecule has 2 aliphatic rings. The molecule has 0 unspecified atom stereocenters. The molecule has 5 nitrogen and oxygen atoms in total. The van der Waals surface area contributed by atoms with Crippen LogP contribution < -0.4 is 0 Å². The Labute approximate surface area is 144 Å². The molecule has 0 aromatic heterocycles. The van der Waals surface area contributed by atoms with Gasteiger partial charge in [0.15, 0.2) is 0 Å². The van der Waals surface area contributed by atoms with Gasteiger partial charge in [-0.15, -0.1) is 0 Å². The predicted octanol–water partition coefficient (Wildman–Crippen LogP) is 1.18. The van der Waals surface area contributed by atoms with Crippen molar-refractivity contribution >= 4 is 12.0 Å². The molecule has 5 heteroatoms. The van der Waals surface area contributed by atoms with Gasteiger partial charge in [-0.2, -0.15) is 0 Å². The molecule has 2 heterocycles. The molecule has 1 amide bonds. The third-order valence-electron chi connectivity index (χ3n) is 4.66. The van der Waals surface area contributed by atoms with Crippen LogP contribution in [-0.4, -0.2) is 86.2 Å². The van der Waals surface area contributed by atoms with E-state index >= 15 is 0 Å². The summed E-state index contributed by atoms with van der Waals surface area (Å²) in [5, 5.41) is 0. The summed E-state index contributed by atoms with van der Waals surface area (Å²) in [4.78, 5) is 18.9. The van der Waals surface area contributed by atoms with Gasteiger partial charge < -0.3 is 9.64 Å². The highest BCUT2D eigenvalue weighted by Crippen LogP contribution is 2.06. The number of carbonyl (C=O) groups excluding carboxylic acids is 1. The highest BCUT2D eigenvalue weighted by atomic mass is 16.5. The van der Waals surface area contributed by atoms with Crippen molar-refractivity contribution in [1.29, 1.82) is 0 Å². The van der Waals surface area contributed by atoms with Crippen molar-refractivity contribution in [2.24, 2.45) is 0 Å². The van der Waals surface area contributed by atoms with Gasteiger partial charge in [0, 0.05) is 45.8 Å². The monoisotopic (exact) mass is 329 g/mol. The van der Waals surface area contributed by atoms with Gasteiger partial charge in [-0.05, 0) is 5.56 Å². The number of morpholine rings is 1. The van der Waals surface area contributed by atoms with E-state index in [2.05, 4.69) is 46.2 Å². The quantitative estimate of drug-likeness (QED) is 0.813. The van der Waals surface area contributed by atoms with Crippen LogP contribution in [0.5, 0.6) is 0 Å². The Morgan fingerprint density at radius 3 is 2.33 bits per heavy atom. The first-order chi connectivity index (χ1) is 11.8. The minimum Gasteiger partial charge on any atom is -0.378 e. The van der Waals surface area contributed by atoms with Gasteiger partial charge in [-0.25, -0.2) is 0 Å². The molecule has 0 saturated carbocycles. The fourth-order valence-corrected chi connectivity index (χ4v) is 3.14. The molecular weight excluding hydrogens is 302 g/mol. The predicted molar refractivity (Wildman–Crippen MR) is 95.8 cm³/mol. The molecule has 1 aromatic rings. The number of piperazine rings is 1. The van der Waals surface area contributed by atoms with Crippen molar-refractivity contribution in [3.8, 4) is 0 Å². The highest BCUT2D eigenvalue weighted by molar-refractivity contribution is 5.78. The van der Waals surface area contributed by atoms with Crippen LogP contribution in [0.15, 0.2) is 36.4 Å². The number of benzene rings is 1. The smallest absolute Gasteiger partial charge is 0.236 e. The number of hydrogen-bond donors (Lipinski definition) is 0. The fraction of sp³-hybridized carbons (Fsp3) is 0.526. The van der Waals surface area contributed by atoms with Crippen LogP contribution in [0.1, 0.15) is 5.56 Å². The zero-order valence-electron chi connectivity index (χ0n) is 14.3. The molecule has 2 fully saturated rings. The van der Waals surface area contributed by atoms with Crippen LogP contribution in [0.3, 0.4) is 0 Å². The van der Waals surface area contributed by atoms with Crippen molar-refractivity contribution in [2.75, 3.05) is 65.6 Å². The molecule has 0 spiro atoms. The summed E-state index contributed by atoms with van der Waals surface area (Å²) in [6.45, 7) is 8.33. The number of carbonyl (C=O) groups is 1. The van der Waals surface area contributed by atoms with Crippen molar-refractivity contribution < 1.29 is 9.53 Å². The van der Waals surface area contributed by atoms with Crippen LogP contribution in [-0.2, 0) is 9.53 Å². The van der Waals surface area contributed by atoms with Crippen molar-refractivity contribution in [3.63, 3.8) is 0 Å². The molecule has 0 N–H and O–H groups in total. The molecule has 0 bridgehead atoms. The van der Waals surface area contributed by atoms with Crippen molar-refractivity contribution in [3.05, 3.63) is 42.0 Å². The van der Waals surface area contributed by atoms with Gasteiger partial charge in [-0.3, -0.25) is 14.6 Å². The molecule has 24 heavy (non-hydrogen) atoms. The van der Waals surface area contributed by atoms with Gasteiger partial charge in [0.2, 0.25) is 5.91 Å². The van der Waals surface area contributed by atoms with E-state index in [1.54, 1.807) is 0 Å². The molecule has 0 atom stereocenters. The summed E-state index contributed by atoms with van der Waals surface area (Å²) in [7, 11) is 0. The summed E-state index contributed by atoms with van der Waals surface area (Å²) >= 11 is 0. The van der Waals surface area contributed by atoms with E-state index in [0.717, 1.165) is 45.8 Å². The van der Waals surface area contributed by atoms with Gasteiger partial charge in [0.05, 0.1) is 19.8 Å². The maximum atomic E-state index is 12.3. The maximum absolute atomic E-state index is 12.3. The molecule has 3 rings (SSSR count). The zero-order valence-corrected chi connectivity index (χ0v) is 14.3. The van der Waals surface area contributed by atoms with Gasteiger partial charge in [0.25, 0.3) is 0 Å². The molecule has 0 radical (unpaired) electrons. The lowest BCUT2D eigenvalue weighted by Crippen LogP contribution is -2.51. The molecule has 1 aromatic carbocycles. The van der Waals surface area contributed by atoms with Crippen LogP contribution in [0.25, 0.3) is 6.08 Å². The fourth-order valence-electron chi connectivity index (χ4n) is 3.14. The third kappa shape index (κ3) is 5.16. The van der Waals surface area contributed by atoms with Crippen molar-refractivity contribution in [1.82, 2.24) is 14.7 Å². The average molecular weight is 329 g/mol. The number of ether oxygens (including phenoxy) is 1. The first-order valence-corrected chi connectivity index (χ1v) is 8.83. The summed E-state index contributed by atoms with van der Waals surface area (Å²) in [6.07, 6.45) is 4.40. The Balaban J connectivity index is 1.36. The molecular formula is C19H27N3O2. The largest absolute Gasteiger partial charge is 0.378 e. The lowest BCUT2D eigenvalue weighted by molar-refractivity contribution is -0.136. The minimum absolute atomic E-state index is 0.246. The first kappa shape index (κ1) is 17.1. The summed E-state index contributed by atoms with van der Waals surface area (Å²) in [5.41, 5.74) is 1.24. The zero-order chi connectivity index (χ0) is 16.6. The van der Waals surface area contributed by atoms with Crippen LogP contribution >= 0.6 is 0 Å². The molecule has 130 valence electrons. The summed E-state index contributed by atoms with van der Waals surface area (Å²) in [5.74, 6) is 0.246. The minimum atomic E-state index is 0.246. The Kier molecular flexibility index (Phi) is 6.41. The first-order valence-electron chi connectivity index (χ1n) is 8.83. The van der Waals surface area contributed by atoms with E-state index in [9.17, 15) is 4.79 Å². The molecule has 2 aliphatic heterocycles. The number of rotatable bonds is 5. The van der Waals surface area contributed by atoms with Crippen LogP contribution in [0.4, 0.5) is 0 Å². The van der Waals surface area contributed by atoms with Gasteiger partial charge in [-0.1, -0.05) is 42.5 Å². The van der Waals surface area contributed by atoms with E-state index in [1.165, 1.54) is 5.56 Å². The van der Waals surface area contributed by atoms with Gasteiger partial charge in [0.1, 0.15) is 0 Å². The molecule has 0 aliphatic carbocycles. The Bertz CT molecular complexity index is 533. The third-order valence-corrected chi connectivity index (χ3v) is 4.66. The lowest BCUT2D eigenvalue weighted by atomic mass is 10.2. The molecule has 2 saturated heterocycles. The average Bonchev–Trinajstić information content (AvgIpc) is 2.65. The highest BCUT2D eigenvalue weighted by Gasteiger charge is 2.22. The van der Waals surface area contributed by atoms with Crippen LogP contribution in [0, 0.1) is 0 Å². The SMILES string of the molecule is O=C(CN1CCN(C/C=C/c2ccccc2)CC1)N1CCOCC1.